The van der Waals surface area contributed by atoms with Gasteiger partial charge >= 0.3 is 12.1 Å². The molecule has 0 saturated carbocycles. The van der Waals surface area contributed by atoms with Crippen LogP contribution in [0.2, 0.25) is 0 Å². The maximum absolute atomic E-state index is 14.0. The largest absolute Gasteiger partial charge is 0.467 e. The van der Waals surface area contributed by atoms with Crippen LogP contribution in [0.5, 0.6) is 0 Å². The highest BCUT2D eigenvalue weighted by atomic mass is 16.6. The minimum Gasteiger partial charge on any atom is -0.467 e. The predicted molar refractivity (Wildman–Crippen MR) is 278 cm³/mol. The number of amides is 10. The molecule has 0 saturated heterocycles. The number of carbonyl (C=O) groups excluding carboxylic acids is 11. The van der Waals surface area contributed by atoms with Gasteiger partial charge in [-0.15, -0.1) is 0 Å². The predicted octanol–water partition coefficient (Wildman–Crippen LogP) is 1.75. The van der Waals surface area contributed by atoms with Gasteiger partial charge in [-0.05, 0) is 120 Å². The molecule has 0 aliphatic heterocycles. The molecule has 0 aliphatic carbocycles. The second-order valence-corrected chi connectivity index (χ2v) is 24.2. The maximum Gasteiger partial charge on any atom is 0.408 e. The fourth-order valence-corrected chi connectivity index (χ4v) is 6.82. The number of hydrogen-bond donors (Lipinski definition) is 10. The van der Waals surface area contributed by atoms with Crippen molar-refractivity contribution in [1.29, 1.82) is 0 Å². The second-order valence-electron chi connectivity index (χ2n) is 24.2. The van der Waals surface area contributed by atoms with E-state index in [1.807, 2.05) is 0 Å². The quantitative estimate of drug-likeness (QED) is 0.0584. The van der Waals surface area contributed by atoms with Crippen LogP contribution in [-0.4, -0.2) is 136 Å². The van der Waals surface area contributed by atoms with Gasteiger partial charge in [0.2, 0.25) is 53.2 Å². The van der Waals surface area contributed by atoms with Gasteiger partial charge in [-0.25, -0.2) is 9.59 Å². The molecule has 0 bridgehead atoms. The minimum atomic E-state index is -1.68. The summed E-state index contributed by atoms with van der Waals surface area (Å²) < 4.78 is 10.0. The Kier molecular flexibility index (Phi) is 24.3. The normalized spacial score (nSPS) is 14.6. The molecule has 0 unspecified atom stereocenters. The fraction of sp³-hybridized carbons (Fsp3) is 0.784. The molecule has 10 amide bonds. The van der Waals surface area contributed by atoms with Crippen LogP contribution in [0.25, 0.3) is 0 Å². The molecule has 0 aromatic carbocycles. The first kappa shape index (κ1) is 68.0. The molecule has 0 aliphatic rings. The molecule has 0 heterocycles. The van der Waals surface area contributed by atoms with Crippen LogP contribution in [0, 0.1) is 29.6 Å². The van der Waals surface area contributed by atoms with Crippen molar-refractivity contribution in [3.05, 3.63) is 0 Å². The van der Waals surface area contributed by atoms with Gasteiger partial charge in [-0.2, -0.15) is 0 Å². The molecule has 0 spiro atoms. The fourth-order valence-electron chi connectivity index (χ4n) is 6.82. The summed E-state index contributed by atoms with van der Waals surface area (Å²) in [5.74, 6) is -9.83. The van der Waals surface area contributed by atoms with E-state index in [2.05, 4.69) is 53.2 Å². The van der Waals surface area contributed by atoms with Gasteiger partial charge in [-0.1, -0.05) is 69.2 Å². The van der Waals surface area contributed by atoms with Crippen molar-refractivity contribution in [3.8, 4) is 0 Å². The van der Waals surface area contributed by atoms with Crippen LogP contribution in [0.3, 0.4) is 0 Å². The van der Waals surface area contributed by atoms with Gasteiger partial charge in [0.15, 0.2) is 0 Å². The summed E-state index contributed by atoms with van der Waals surface area (Å²) in [6, 6.07) is -5.95. The summed E-state index contributed by atoms with van der Waals surface area (Å²) in [5, 5.41) is 26.4. The zero-order valence-corrected chi connectivity index (χ0v) is 48.6. The molecule has 10 N–H and O–H groups in total. The Hall–Kier alpha value is -6.03. The molecule has 5 atom stereocenters. The van der Waals surface area contributed by atoms with E-state index < -0.39 is 158 Å². The lowest BCUT2D eigenvalue weighted by Gasteiger charge is -2.35. The number of esters is 1. The number of methoxy groups -OCH3 is 1. The van der Waals surface area contributed by atoms with Gasteiger partial charge in [-0.3, -0.25) is 43.2 Å². The molecular weight excluding hydrogens is 961 g/mol. The first-order valence-electron chi connectivity index (χ1n) is 25.1. The molecular formula is C51H92N10O13. The lowest BCUT2D eigenvalue weighted by molar-refractivity contribution is -0.150. The van der Waals surface area contributed by atoms with Crippen LogP contribution in [0.15, 0.2) is 0 Å². The van der Waals surface area contributed by atoms with E-state index in [-0.39, 0.29) is 0 Å². The van der Waals surface area contributed by atoms with Gasteiger partial charge in [0.05, 0.1) is 7.11 Å². The lowest BCUT2D eigenvalue weighted by atomic mass is 9.95. The topological polar surface area (TPSA) is 327 Å². The first-order valence-corrected chi connectivity index (χ1v) is 25.1. The van der Waals surface area contributed by atoms with Crippen LogP contribution in [0.1, 0.15) is 159 Å². The highest BCUT2D eigenvalue weighted by molar-refractivity contribution is 6.01. The molecule has 0 rings (SSSR count). The highest BCUT2D eigenvalue weighted by Gasteiger charge is 2.43. The van der Waals surface area contributed by atoms with Crippen LogP contribution >= 0.6 is 0 Å². The van der Waals surface area contributed by atoms with Crippen molar-refractivity contribution >= 4 is 65.2 Å². The lowest BCUT2D eigenvalue weighted by Crippen LogP contribution is -2.67. The molecule has 23 heteroatoms. The Morgan fingerprint density at radius 3 is 0.851 bits per heavy atom. The number of carbonyl (C=O) groups is 11. The van der Waals surface area contributed by atoms with E-state index >= 15 is 0 Å². The maximum atomic E-state index is 14.0. The Labute approximate surface area is 438 Å². The first-order chi connectivity index (χ1) is 33.2. The zero-order chi connectivity index (χ0) is 58.6. The van der Waals surface area contributed by atoms with E-state index in [4.69, 9.17) is 9.47 Å². The summed E-state index contributed by atoms with van der Waals surface area (Å²) in [6.07, 6.45) is -0.839. The van der Waals surface area contributed by atoms with Crippen LogP contribution < -0.4 is 53.2 Å². The van der Waals surface area contributed by atoms with Gasteiger partial charge in [0.1, 0.15) is 63.5 Å². The molecule has 23 nitrogen and oxygen atoms in total. The van der Waals surface area contributed by atoms with Crippen molar-refractivity contribution in [1.82, 2.24) is 53.2 Å². The van der Waals surface area contributed by atoms with Crippen molar-refractivity contribution in [2.75, 3.05) is 7.11 Å². The van der Waals surface area contributed by atoms with Crippen LogP contribution in [0.4, 0.5) is 4.79 Å². The monoisotopic (exact) mass is 1050 g/mol. The van der Waals surface area contributed by atoms with Crippen LogP contribution in [-0.2, 0) is 57.4 Å². The Bertz CT molecular complexity index is 2070. The van der Waals surface area contributed by atoms with Crippen molar-refractivity contribution in [3.63, 3.8) is 0 Å². The molecule has 424 valence electrons. The third kappa shape index (κ3) is 20.7. The smallest absolute Gasteiger partial charge is 0.408 e. The molecule has 0 aromatic heterocycles. The van der Waals surface area contributed by atoms with Gasteiger partial charge in [0.25, 0.3) is 0 Å². The molecule has 74 heavy (non-hydrogen) atoms. The number of rotatable bonds is 25. The third-order valence-electron chi connectivity index (χ3n) is 11.7. The van der Waals surface area contributed by atoms with E-state index in [0.717, 1.165) is 0 Å². The summed E-state index contributed by atoms with van der Waals surface area (Å²) in [4.78, 5) is 148. The summed E-state index contributed by atoms with van der Waals surface area (Å²) in [7, 11) is 1.18. The van der Waals surface area contributed by atoms with E-state index in [1.165, 1.54) is 76.3 Å². The molecule has 0 fully saturated rings. The minimum absolute atomic E-state index is 0.440. The number of hydrogen-bond acceptors (Lipinski definition) is 13. The number of nitrogens with one attached hydrogen (secondary N) is 10. The standard InChI is InChI=1S/C51H92N10O13/c1-25(2)30(35(62)53-32(27(5)6)37(64)57-47(14,15)40(67)55-34(29(9)10)39(66)59-51(22,23)44(71)73-24)52-36(63)31(26(3)4)54-41(68)48(16,17)60-43(70)50(20,21)58-38(65)33(28(7)8)56-42(69)49(18,19)61-45(72)74-46(11,12)13/h25-34H,1-24H3,(H,52,63)(H,53,62)(H,54,68)(H,55,67)(H,56,69)(H,57,64)(H,58,65)(H,59,66)(H,60,70)(H,61,72)/t30-,31-,32-,33-,34-/m0/s1. The van der Waals surface area contributed by atoms with Crippen molar-refractivity contribution < 1.29 is 62.2 Å². The van der Waals surface area contributed by atoms with Crippen molar-refractivity contribution in [2.24, 2.45) is 29.6 Å². The van der Waals surface area contributed by atoms with E-state index in [0.29, 0.717) is 0 Å². The average molecular weight is 1050 g/mol. The van der Waals surface area contributed by atoms with Crippen molar-refractivity contribution in [2.45, 2.75) is 223 Å². The summed E-state index contributed by atoms with van der Waals surface area (Å²) >= 11 is 0. The summed E-state index contributed by atoms with van der Waals surface area (Å²) in [5.41, 5.74) is -8.69. The van der Waals surface area contributed by atoms with Gasteiger partial charge < -0.3 is 62.6 Å². The average Bonchev–Trinajstić information content (AvgIpc) is 3.21. The molecule has 0 radical (unpaired) electrons. The number of alkyl carbamates (subject to hydrolysis) is 1. The Morgan fingerprint density at radius 2 is 0.554 bits per heavy atom. The Morgan fingerprint density at radius 1 is 0.311 bits per heavy atom. The summed E-state index contributed by atoms with van der Waals surface area (Å²) in [6.45, 7) is 35.9. The zero-order valence-electron chi connectivity index (χ0n) is 48.6. The second kappa shape index (κ2) is 26.5. The van der Waals surface area contributed by atoms with Gasteiger partial charge in [0, 0.05) is 0 Å². The highest BCUT2D eigenvalue weighted by Crippen LogP contribution is 2.17. The van der Waals surface area contributed by atoms with E-state index in [9.17, 15) is 52.7 Å². The van der Waals surface area contributed by atoms with E-state index in [1.54, 1.807) is 90.0 Å². The molecule has 0 aromatic rings. The Balaban J connectivity index is 6.15. The number of ether oxygens (including phenoxy) is 2. The SMILES string of the molecule is COC(=O)C(C)(C)NC(=O)[C@@H](NC(=O)C(C)(C)NC(=O)[C@@H](NC(=O)[C@@H](NC(=O)[C@@H](NC(=O)C(C)(C)NC(=O)C(C)(C)NC(=O)[C@@H](NC(=O)C(C)(C)NC(=O)OC(C)(C)C)C(C)C)C(C)C)C(C)C)C(C)C)C(C)C. The third-order valence-corrected chi connectivity index (χ3v) is 11.7.